The Labute approximate surface area is 109 Å². The molecule has 0 aliphatic heterocycles. The first-order valence-electron chi connectivity index (χ1n) is 3.54. The van der Waals surface area contributed by atoms with E-state index in [0.29, 0.717) is 0 Å². The van der Waals surface area contributed by atoms with Crippen LogP contribution >= 0.6 is 22.8 Å². The summed E-state index contributed by atoms with van der Waals surface area (Å²) < 4.78 is 30.8. The standard InChI is InChI=1S/C3H12NO9P3.3H3N/c5-14(6,7)1-4(2-15(8,9)10)3-16(11,12)13;;;/h1-3H2,(H2,5,6,7)(H2,8,9,10)(H2,11,12,13);3*1H3/p-3. The molecule has 0 rings (SSSR count). The second kappa shape index (κ2) is 9.27. The summed E-state index contributed by atoms with van der Waals surface area (Å²) in [6, 6.07) is 0. The van der Waals surface area contributed by atoms with Gasteiger partial charge in [-0.1, -0.05) is 22.8 Å². The van der Waals surface area contributed by atoms with E-state index in [4.69, 9.17) is 0 Å². The number of quaternary nitrogens is 3. The first-order valence-corrected chi connectivity index (χ1v) is 8.72. The van der Waals surface area contributed by atoms with Gasteiger partial charge in [-0.15, -0.1) is 0 Å². The molecule has 0 spiro atoms. The zero-order valence-electron chi connectivity index (χ0n) is 10.6. The summed E-state index contributed by atoms with van der Waals surface area (Å²) in [5.74, 6) is 0. The fraction of sp³-hybridized carbons (Fsp3) is 1.00. The van der Waals surface area contributed by atoms with E-state index in [1.165, 1.54) is 0 Å². The van der Waals surface area contributed by atoms with Crippen molar-refractivity contribution in [3.05, 3.63) is 0 Å². The largest absolute Gasteiger partial charge is 0.810 e. The van der Waals surface area contributed by atoms with Gasteiger partial charge in [-0.25, -0.2) is 0 Å². The lowest BCUT2D eigenvalue weighted by Gasteiger charge is -2.44. The van der Waals surface area contributed by atoms with Crippen molar-refractivity contribution in [2.24, 2.45) is 0 Å². The van der Waals surface area contributed by atoms with Crippen molar-refractivity contribution in [3.8, 4) is 0 Å². The van der Waals surface area contributed by atoms with Crippen molar-refractivity contribution in [2.45, 2.75) is 0 Å². The van der Waals surface area contributed by atoms with Gasteiger partial charge in [-0.05, 0) is 0 Å². The van der Waals surface area contributed by atoms with E-state index in [9.17, 15) is 43.1 Å². The molecule has 0 fully saturated rings. The van der Waals surface area contributed by atoms with Crippen LogP contribution in [0.25, 0.3) is 0 Å². The maximum absolute atomic E-state index is 10.3. The highest BCUT2D eigenvalue weighted by molar-refractivity contribution is 7.50. The van der Waals surface area contributed by atoms with Gasteiger partial charge in [0.25, 0.3) is 0 Å². The minimum absolute atomic E-state index is 0. The third-order valence-corrected chi connectivity index (χ3v) is 3.36. The molecule has 0 atom stereocenters. The topological polar surface area (TPSA) is 302 Å². The zero-order valence-corrected chi connectivity index (χ0v) is 13.3. The van der Waals surface area contributed by atoms with Crippen molar-refractivity contribution in [1.82, 2.24) is 23.4 Å². The average molecular weight is 347 g/mol. The monoisotopic (exact) mass is 347 g/mol. The van der Waals surface area contributed by atoms with Gasteiger partial charge >= 0.3 is 0 Å². The van der Waals surface area contributed by atoms with Gasteiger partial charge in [0, 0.05) is 18.9 Å². The minimum atomic E-state index is -5.27. The number of hydrogen-bond donors (Lipinski definition) is 3. The van der Waals surface area contributed by atoms with Crippen LogP contribution in [0.15, 0.2) is 0 Å². The highest BCUT2D eigenvalue weighted by atomic mass is 31.2. The highest BCUT2D eigenvalue weighted by Gasteiger charge is 2.10. The smallest absolute Gasteiger partial charge is 0.0268 e. The summed E-state index contributed by atoms with van der Waals surface area (Å²) in [6.07, 6.45) is -4.55. The van der Waals surface area contributed by atoms with Crippen LogP contribution in [0.1, 0.15) is 0 Å². The lowest BCUT2D eigenvalue weighted by molar-refractivity contribution is -0.320. The summed E-state index contributed by atoms with van der Waals surface area (Å²) in [7, 11) is -15.8. The molecule has 0 aromatic heterocycles. The van der Waals surface area contributed by atoms with Gasteiger partial charge in [0.15, 0.2) is 0 Å². The first kappa shape index (κ1) is 27.6. The maximum Gasteiger partial charge on any atom is 0.0268 e. The molecule has 0 aromatic rings. The van der Waals surface area contributed by atoms with Crippen molar-refractivity contribution in [3.63, 3.8) is 0 Å². The van der Waals surface area contributed by atoms with Crippen LogP contribution < -0.4 is 47.8 Å². The minimum Gasteiger partial charge on any atom is -0.810 e. The molecule has 13 nitrogen and oxygen atoms in total. The van der Waals surface area contributed by atoms with Gasteiger partial charge in [0.1, 0.15) is 0 Å². The second-order valence-corrected chi connectivity index (χ2v) is 7.44. The van der Waals surface area contributed by atoms with Gasteiger partial charge < -0.3 is 61.5 Å². The predicted molar refractivity (Wildman–Crippen MR) is 57.2 cm³/mol. The lowest BCUT2D eigenvalue weighted by atomic mass is 11.0. The Kier molecular flexibility index (Phi) is 13.5. The molecule has 12 N–H and O–H groups in total. The summed E-state index contributed by atoms with van der Waals surface area (Å²) in [6.45, 7) is 0. The summed E-state index contributed by atoms with van der Waals surface area (Å²) >= 11 is 0. The molecule has 0 radical (unpaired) electrons. The van der Waals surface area contributed by atoms with Gasteiger partial charge in [-0.2, -0.15) is 0 Å². The normalized spacial score (nSPS) is 12.2. The first-order chi connectivity index (χ1) is 6.79. The molecule has 122 valence electrons. The summed E-state index contributed by atoms with van der Waals surface area (Å²) in [4.78, 5) is 61.5. The molecule has 0 heterocycles. The Morgan fingerprint density at radius 1 is 0.579 bits per heavy atom. The quantitative estimate of drug-likeness (QED) is 0.391. The average Bonchev–Trinajstić information content (AvgIpc) is 1.70. The molecule has 0 aliphatic carbocycles. The Morgan fingerprint density at radius 2 is 0.737 bits per heavy atom. The molecule has 19 heavy (non-hydrogen) atoms. The fourth-order valence-corrected chi connectivity index (χ4v) is 3.41. The molecule has 0 unspecified atom stereocenters. The van der Waals surface area contributed by atoms with Gasteiger partial charge in [-0.3, -0.25) is 4.90 Å². The Hall–Kier alpha value is 0.290. The van der Waals surface area contributed by atoms with Crippen LogP contribution in [0.4, 0.5) is 0 Å². The van der Waals surface area contributed by atoms with Crippen LogP contribution in [-0.2, 0) is 13.7 Å². The SMILES string of the molecule is O=P([O-])([O-])CN(CP(=O)([O-])[O-])CP(=O)([O-])[O-].[NH4+].[NH4+].[NH4+]. The van der Waals surface area contributed by atoms with Crippen LogP contribution in [0, 0.1) is 0 Å². The number of rotatable bonds is 6. The van der Waals surface area contributed by atoms with E-state index in [2.05, 4.69) is 0 Å². The fourth-order valence-electron chi connectivity index (χ4n) is 0.869. The number of nitrogens with zero attached hydrogens (tertiary/aromatic N) is 1. The molecular formula is C3H18N4O9P3-3. The van der Waals surface area contributed by atoms with Crippen LogP contribution in [0.5, 0.6) is 0 Å². The van der Waals surface area contributed by atoms with Crippen molar-refractivity contribution in [1.29, 1.82) is 0 Å². The molecule has 0 amide bonds. The summed E-state index contributed by atoms with van der Waals surface area (Å²) in [5.41, 5.74) is 0. The van der Waals surface area contributed by atoms with E-state index in [0.717, 1.165) is 0 Å². The Morgan fingerprint density at radius 3 is 0.842 bits per heavy atom. The van der Waals surface area contributed by atoms with Crippen molar-refractivity contribution < 1.29 is 43.1 Å². The molecule has 0 aromatic carbocycles. The molecule has 0 saturated heterocycles. The second-order valence-electron chi connectivity index (χ2n) is 2.93. The third kappa shape index (κ3) is 20.8. The molecular weight excluding hydrogens is 329 g/mol. The van der Waals surface area contributed by atoms with E-state index in [1.54, 1.807) is 0 Å². The van der Waals surface area contributed by atoms with Crippen LogP contribution in [0.3, 0.4) is 0 Å². The summed E-state index contributed by atoms with van der Waals surface area (Å²) in [5, 5.41) is 0. The zero-order chi connectivity index (χ0) is 13.2. The van der Waals surface area contributed by atoms with Gasteiger partial charge in [0.05, 0.1) is 0 Å². The Bertz CT molecular complexity index is 314. The van der Waals surface area contributed by atoms with Crippen LogP contribution in [-0.4, -0.2) is 23.8 Å². The maximum atomic E-state index is 10.3. The third-order valence-electron chi connectivity index (χ3n) is 1.12. The van der Waals surface area contributed by atoms with E-state index in [1.807, 2.05) is 0 Å². The van der Waals surface area contributed by atoms with Crippen molar-refractivity contribution in [2.75, 3.05) is 18.9 Å². The van der Waals surface area contributed by atoms with E-state index in [-0.39, 0.29) is 23.4 Å². The predicted octanol–water partition coefficient (Wildman–Crippen LogP) is -3.97. The Balaban J connectivity index is -0.000000375. The van der Waals surface area contributed by atoms with Gasteiger partial charge in [0.2, 0.25) is 0 Å². The van der Waals surface area contributed by atoms with E-state index < -0.39 is 41.6 Å². The molecule has 0 aliphatic rings. The molecule has 16 heteroatoms. The van der Waals surface area contributed by atoms with Crippen LogP contribution in [0.2, 0.25) is 0 Å². The highest BCUT2D eigenvalue weighted by Crippen LogP contribution is 2.35. The number of hydrogen-bond acceptors (Lipinski definition) is 10. The lowest BCUT2D eigenvalue weighted by Crippen LogP contribution is -2.39. The molecule has 0 bridgehead atoms. The molecule has 0 saturated carbocycles. The van der Waals surface area contributed by atoms with Crippen molar-refractivity contribution >= 4 is 22.8 Å². The van der Waals surface area contributed by atoms with E-state index >= 15 is 0 Å².